The molecule has 6 heteroatoms. The van der Waals surface area contributed by atoms with Crippen LogP contribution < -0.4 is 11.1 Å². The second kappa shape index (κ2) is 4.55. The summed E-state index contributed by atoms with van der Waals surface area (Å²) in [6.07, 6.45) is 0. The molecule has 0 unspecified atom stereocenters. The Morgan fingerprint density at radius 2 is 2.28 bits per heavy atom. The van der Waals surface area contributed by atoms with E-state index in [1.165, 1.54) is 11.3 Å². The maximum absolute atomic E-state index is 11.9. The zero-order valence-corrected chi connectivity index (χ0v) is 11.0. The van der Waals surface area contributed by atoms with Crippen LogP contribution in [0.15, 0.2) is 18.2 Å². The number of hydrogen-bond acceptors (Lipinski definition) is 5. The van der Waals surface area contributed by atoms with E-state index in [0.717, 1.165) is 10.2 Å². The number of nitrogens with two attached hydrogens (primary N) is 1. The number of aliphatic hydroxyl groups is 1. The van der Waals surface area contributed by atoms with Gasteiger partial charge in [0, 0.05) is 12.1 Å². The highest BCUT2D eigenvalue weighted by Crippen LogP contribution is 2.24. The van der Waals surface area contributed by atoms with E-state index in [0.29, 0.717) is 10.7 Å². The second-order valence-electron chi connectivity index (χ2n) is 4.73. The molecule has 2 rings (SSSR count). The topological polar surface area (TPSA) is 88.2 Å². The fraction of sp³-hybridized carbons (Fsp3) is 0.333. The number of thiazole rings is 1. The van der Waals surface area contributed by atoms with Gasteiger partial charge in [0.2, 0.25) is 0 Å². The average molecular weight is 265 g/mol. The lowest BCUT2D eigenvalue weighted by molar-refractivity contribution is 0.0694. The molecule has 18 heavy (non-hydrogen) atoms. The Morgan fingerprint density at radius 3 is 2.94 bits per heavy atom. The normalized spacial score (nSPS) is 11.7. The van der Waals surface area contributed by atoms with Crippen molar-refractivity contribution < 1.29 is 9.90 Å². The smallest absolute Gasteiger partial charge is 0.251 e. The largest absolute Gasteiger partial charge is 0.389 e. The second-order valence-corrected chi connectivity index (χ2v) is 5.79. The van der Waals surface area contributed by atoms with Crippen molar-refractivity contribution >= 4 is 32.6 Å². The van der Waals surface area contributed by atoms with Gasteiger partial charge in [0.05, 0.1) is 15.8 Å². The van der Waals surface area contributed by atoms with Crippen LogP contribution in [0, 0.1) is 0 Å². The van der Waals surface area contributed by atoms with Gasteiger partial charge in [-0.3, -0.25) is 4.79 Å². The number of aromatic nitrogens is 1. The van der Waals surface area contributed by atoms with Crippen LogP contribution in [0.2, 0.25) is 0 Å². The summed E-state index contributed by atoms with van der Waals surface area (Å²) in [5, 5.41) is 12.7. The molecule has 2 aromatic rings. The molecule has 0 saturated carbocycles. The summed E-state index contributed by atoms with van der Waals surface area (Å²) in [6.45, 7) is 3.48. The van der Waals surface area contributed by atoms with Crippen LogP contribution in [0.4, 0.5) is 5.13 Å². The summed E-state index contributed by atoms with van der Waals surface area (Å²) >= 11 is 1.34. The summed E-state index contributed by atoms with van der Waals surface area (Å²) in [5.74, 6) is -0.217. The number of rotatable bonds is 3. The Labute approximate surface area is 109 Å². The standard InChI is InChI=1S/C12H15N3O2S/c1-12(2,17)6-14-10(16)7-3-4-8-9(5-7)18-11(13)15-8/h3-5,17H,6H2,1-2H3,(H2,13,15)(H,14,16). The summed E-state index contributed by atoms with van der Waals surface area (Å²) in [7, 11) is 0. The number of anilines is 1. The first-order valence-electron chi connectivity index (χ1n) is 5.52. The maximum atomic E-state index is 11.9. The van der Waals surface area contributed by atoms with Gasteiger partial charge in [0.1, 0.15) is 0 Å². The summed E-state index contributed by atoms with van der Waals surface area (Å²) in [5.41, 5.74) is 6.01. The molecular formula is C12H15N3O2S. The molecule has 0 aliphatic rings. The minimum Gasteiger partial charge on any atom is -0.389 e. The molecule has 1 aromatic heterocycles. The SMILES string of the molecule is CC(C)(O)CNC(=O)c1ccc2nc(N)sc2c1. The molecule has 0 aliphatic heterocycles. The molecule has 4 N–H and O–H groups in total. The van der Waals surface area contributed by atoms with E-state index in [1.54, 1.807) is 32.0 Å². The van der Waals surface area contributed by atoms with Gasteiger partial charge < -0.3 is 16.2 Å². The van der Waals surface area contributed by atoms with Crippen LogP contribution in [0.3, 0.4) is 0 Å². The molecule has 0 aliphatic carbocycles. The first kappa shape index (κ1) is 12.8. The molecule has 0 atom stereocenters. The fourth-order valence-electron chi connectivity index (χ4n) is 1.48. The van der Waals surface area contributed by atoms with Crippen LogP contribution in [0.5, 0.6) is 0 Å². The zero-order valence-electron chi connectivity index (χ0n) is 10.2. The van der Waals surface area contributed by atoms with Crippen LogP contribution in [-0.4, -0.2) is 28.1 Å². The lowest BCUT2D eigenvalue weighted by atomic mass is 10.1. The Hall–Kier alpha value is -1.66. The number of nitrogens with zero attached hydrogens (tertiary/aromatic N) is 1. The molecule has 0 spiro atoms. The molecular weight excluding hydrogens is 250 g/mol. The van der Waals surface area contributed by atoms with Gasteiger partial charge in [-0.1, -0.05) is 11.3 Å². The number of carbonyl (C=O) groups excluding carboxylic acids is 1. The molecule has 1 heterocycles. The van der Waals surface area contributed by atoms with Gasteiger partial charge in [-0.25, -0.2) is 4.98 Å². The van der Waals surface area contributed by atoms with E-state index in [-0.39, 0.29) is 12.5 Å². The summed E-state index contributed by atoms with van der Waals surface area (Å²) in [4.78, 5) is 16.0. The fourth-order valence-corrected chi connectivity index (χ4v) is 2.26. The monoisotopic (exact) mass is 265 g/mol. The Bertz CT molecular complexity index is 587. The van der Waals surface area contributed by atoms with Crippen molar-refractivity contribution in [3.63, 3.8) is 0 Å². The first-order chi connectivity index (χ1) is 8.35. The van der Waals surface area contributed by atoms with Gasteiger partial charge in [-0.2, -0.15) is 0 Å². The van der Waals surface area contributed by atoms with E-state index < -0.39 is 5.60 Å². The van der Waals surface area contributed by atoms with E-state index in [4.69, 9.17) is 5.73 Å². The molecule has 1 aromatic carbocycles. The first-order valence-corrected chi connectivity index (χ1v) is 6.33. The Balaban J connectivity index is 2.17. The number of carbonyl (C=O) groups is 1. The van der Waals surface area contributed by atoms with Crippen LogP contribution >= 0.6 is 11.3 Å². The van der Waals surface area contributed by atoms with Crippen molar-refractivity contribution in [2.24, 2.45) is 0 Å². The van der Waals surface area contributed by atoms with E-state index in [2.05, 4.69) is 10.3 Å². The van der Waals surface area contributed by atoms with Gasteiger partial charge in [0.25, 0.3) is 5.91 Å². The minimum absolute atomic E-state index is 0.203. The average Bonchev–Trinajstić information content (AvgIpc) is 2.63. The Kier molecular flexibility index (Phi) is 3.23. The number of nitrogen functional groups attached to an aromatic ring is 1. The highest BCUT2D eigenvalue weighted by molar-refractivity contribution is 7.22. The molecule has 0 radical (unpaired) electrons. The third-order valence-electron chi connectivity index (χ3n) is 2.35. The maximum Gasteiger partial charge on any atom is 0.251 e. The van der Waals surface area contributed by atoms with Crippen molar-refractivity contribution in [1.29, 1.82) is 0 Å². The predicted octanol–water partition coefficient (Wildman–Crippen LogP) is 1.38. The quantitative estimate of drug-likeness (QED) is 0.782. The van der Waals surface area contributed by atoms with Gasteiger partial charge in [-0.05, 0) is 32.0 Å². The number of hydrogen-bond donors (Lipinski definition) is 3. The molecule has 0 saturated heterocycles. The van der Waals surface area contributed by atoms with Crippen LogP contribution in [-0.2, 0) is 0 Å². The van der Waals surface area contributed by atoms with Crippen molar-refractivity contribution in [3.8, 4) is 0 Å². The zero-order chi connectivity index (χ0) is 13.3. The van der Waals surface area contributed by atoms with Crippen LogP contribution in [0.1, 0.15) is 24.2 Å². The molecule has 96 valence electrons. The third-order valence-corrected chi connectivity index (χ3v) is 3.20. The van der Waals surface area contributed by atoms with Crippen molar-refractivity contribution in [1.82, 2.24) is 10.3 Å². The van der Waals surface area contributed by atoms with Crippen molar-refractivity contribution in [3.05, 3.63) is 23.8 Å². The number of benzene rings is 1. The third kappa shape index (κ3) is 2.96. The van der Waals surface area contributed by atoms with Crippen molar-refractivity contribution in [2.45, 2.75) is 19.4 Å². The molecule has 1 amide bonds. The van der Waals surface area contributed by atoms with E-state index >= 15 is 0 Å². The minimum atomic E-state index is -0.922. The van der Waals surface area contributed by atoms with E-state index in [9.17, 15) is 9.90 Å². The molecule has 0 bridgehead atoms. The van der Waals surface area contributed by atoms with Gasteiger partial charge >= 0.3 is 0 Å². The van der Waals surface area contributed by atoms with Crippen LogP contribution in [0.25, 0.3) is 10.2 Å². The predicted molar refractivity (Wildman–Crippen MR) is 72.7 cm³/mol. The number of fused-ring (bicyclic) bond motifs is 1. The van der Waals surface area contributed by atoms with Gasteiger partial charge in [0.15, 0.2) is 5.13 Å². The Morgan fingerprint density at radius 1 is 1.56 bits per heavy atom. The summed E-state index contributed by atoms with van der Waals surface area (Å²) in [6, 6.07) is 5.21. The highest BCUT2D eigenvalue weighted by Gasteiger charge is 2.15. The lowest BCUT2D eigenvalue weighted by Crippen LogP contribution is -2.38. The van der Waals surface area contributed by atoms with Gasteiger partial charge in [-0.15, -0.1) is 0 Å². The summed E-state index contributed by atoms with van der Waals surface area (Å²) < 4.78 is 0.878. The number of nitrogens with one attached hydrogen (secondary N) is 1. The molecule has 5 nitrogen and oxygen atoms in total. The highest BCUT2D eigenvalue weighted by atomic mass is 32.1. The van der Waals surface area contributed by atoms with Crippen molar-refractivity contribution in [2.75, 3.05) is 12.3 Å². The number of amides is 1. The van der Waals surface area contributed by atoms with E-state index in [1.807, 2.05) is 0 Å². The lowest BCUT2D eigenvalue weighted by Gasteiger charge is -2.17. The molecule has 0 fully saturated rings.